The summed E-state index contributed by atoms with van der Waals surface area (Å²) in [5.41, 5.74) is 7.66. The maximum Gasteiger partial charge on any atom is 0.317 e. The molecule has 3 N–H and O–H groups in total. The van der Waals surface area contributed by atoms with Gasteiger partial charge in [0.1, 0.15) is 0 Å². The van der Waals surface area contributed by atoms with E-state index in [2.05, 4.69) is 11.4 Å². The van der Waals surface area contributed by atoms with Crippen molar-refractivity contribution >= 4 is 6.03 Å². The molecule has 7 heteroatoms. The van der Waals surface area contributed by atoms with E-state index in [1.165, 1.54) is 32.1 Å². The third-order valence-electron chi connectivity index (χ3n) is 7.26. The van der Waals surface area contributed by atoms with E-state index in [1.807, 2.05) is 29.2 Å². The number of ether oxygens (including phenoxy) is 2. The molecule has 7 nitrogen and oxygen atoms in total. The number of amides is 2. The molecule has 1 aliphatic carbocycles. The molecule has 2 aliphatic rings. The summed E-state index contributed by atoms with van der Waals surface area (Å²) in [6, 6.07) is 9.90. The molecule has 2 fully saturated rings. The number of benzene rings is 1. The molecule has 0 spiro atoms. The number of nitrogens with zero attached hydrogens (tertiary/aromatic N) is 2. The molecule has 1 aliphatic heterocycles. The summed E-state index contributed by atoms with van der Waals surface area (Å²) in [5.74, 6) is 0.847. The quantitative estimate of drug-likeness (QED) is 0.468. The second-order valence-corrected chi connectivity index (χ2v) is 9.85. The lowest BCUT2D eigenvalue weighted by molar-refractivity contribution is -0.0168. The monoisotopic (exact) mass is 470 g/mol. The number of hydrogen-bond donors (Lipinski definition) is 2. The summed E-state index contributed by atoms with van der Waals surface area (Å²) in [6.07, 6.45) is 9.97. The highest BCUT2D eigenvalue weighted by Gasteiger charge is 2.32. The lowest BCUT2D eigenvalue weighted by Crippen LogP contribution is -2.51. The number of rotatable bonds is 11. The Morgan fingerprint density at radius 3 is 2.79 bits per heavy atom. The first-order valence-corrected chi connectivity index (χ1v) is 13.0. The molecule has 188 valence electrons. The van der Waals surface area contributed by atoms with Gasteiger partial charge in [0, 0.05) is 51.9 Å². The molecule has 0 aromatic heterocycles. The maximum atomic E-state index is 13.2. The number of hydrogen-bond acceptors (Lipinski definition) is 5. The fourth-order valence-electron chi connectivity index (χ4n) is 5.45. The van der Waals surface area contributed by atoms with Gasteiger partial charge < -0.3 is 25.4 Å². The Hall–Kier alpha value is -2.14. The highest BCUT2D eigenvalue weighted by atomic mass is 16.5. The van der Waals surface area contributed by atoms with E-state index in [4.69, 9.17) is 15.2 Å². The molecule has 3 atom stereocenters. The molecule has 1 heterocycles. The zero-order valence-corrected chi connectivity index (χ0v) is 20.7. The molecule has 3 rings (SSSR count). The highest BCUT2D eigenvalue weighted by Crippen LogP contribution is 2.34. The molecule has 34 heavy (non-hydrogen) atoms. The number of methoxy groups -OCH3 is 1. The molecule has 0 radical (unpaired) electrons. The standard InChI is InChI=1S/C27H42N4O3/c1-33-14-7-15-34-26(23-11-5-10-22(16-23)18-28)24-12-6-13-31(20-24)27(32)30-25(19-29)17-21-8-3-2-4-9-21/h5,10-11,16,21,24-26H,2-4,6-9,12-15,17,19-20,29H2,1H3,(H,30,32). The van der Waals surface area contributed by atoms with Crippen molar-refractivity contribution in [3.05, 3.63) is 35.4 Å². The van der Waals surface area contributed by atoms with Crippen LogP contribution in [0, 0.1) is 23.2 Å². The minimum absolute atomic E-state index is 0.0140. The third-order valence-corrected chi connectivity index (χ3v) is 7.26. The molecule has 0 bridgehead atoms. The average Bonchev–Trinajstić information content (AvgIpc) is 2.89. The molecule has 1 aromatic rings. The molecule has 2 amide bonds. The molecular weight excluding hydrogens is 428 g/mol. The van der Waals surface area contributed by atoms with Crippen molar-refractivity contribution in [2.24, 2.45) is 17.6 Å². The van der Waals surface area contributed by atoms with E-state index < -0.39 is 0 Å². The Bertz CT molecular complexity index is 790. The van der Waals surface area contributed by atoms with Crippen LogP contribution >= 0.6 is 0 Å². The topological polar surface area (TPSA) is 101 Å². The number of likely N-dealkylation sites (tertiary alicyclic amines) is 1. The molecule has 1 aromatic carbocycles. The molecule has 1 saturated heterocycles. The normalized spacial score (nSPS) is 21.0. The number of carbonyl (C=O) groups excluding carboxylic acids is 1. The van der Waals surface area contributed by atoms with Crippen molar-refractivity contribution in [3.8, 4) is 6.07 Å². The smallest absolute Gasteiger partial charge is 0.317 e. The molecule has 1 saturated carbocycles. The van der Waals surface area contributed by atoms with Gasteiger partial charge in [-0.1, -0.05) is 44.2 Å². The number of nitrogens with one attached hydrogen (secondary N) is 1. The third kappa shape index (κ3) is 7.97. The van der Waals surface area contributed by atoms with Crippen LogP contribution in [-0.2, 0) is 9.47 Å². The lowest BCUT2D eigenvalue weighted by atomic mass is 9.85. The predicted molar refractivity (Wildman–Crippen MR) is 133 cm³/mol. The molecule has 3 unspecified atom stereocenters. The van der Waals surface area contributed by atoms with Crippen LogP contribution in [0.25, 0.3) is 0 Å². The van der Waals surface area contributed by atoms with Gasteiger partial charge in [0.2, 0.25) is 0 Å². The summed E-state index contributed by atoms with van der Waals surface area (Å²) < 4.78 is 11.5. The van der Waals surface area contributed by atoms with Crippen LogP contribution in [0.4, 0.5) is 4.79 Å². The van der Waals surface area contributed by atoms with Gasteiger partial charge in [-0.25, -0.2) is 4.79 Å². The van der Waals surface area contributed by atoms with Crippen LogP contribution in [0.2, 0.25) is 0 Å². The number of carbonyl (C=O) groups is 1. The van der Waals surface area contributed by atoms with Crippen LogP contribution < -0.4 is 11.1 Å². The number of piperidine rings is 1. The largest absolute Gasteiger partial charge is 0.385 e. The Morgan fingerprint density at radius 1 is 1.24 bits per heavy atom. The fourth-order valence-corrected chi connectivity index (χ4v) is 5.45. The second-order valence-electron chi connectivity index (χ2n) is 9.85. The van der Waals surface area contributed by atoms with E-state index in [1.54, 1.807) is 7.11 Å². The van der Waals surface area contributed by atoms with Gasteiger partial charge in [-0.15, -0.1) is 0 Å². The van der Waals surface area contributed by atoms with Crippen LogP contribution in [0.3, 0.4) is 0 Å². The second kappa shape index (κ2) is 14.3. The van der Waals surface area contributed by atoms with Crippen LogP contribution in [-0.4, -0.2) is 56.9 Å². The van der Waals surface area contributed by atoms with Crippen molar-refractivity contribution in [1.29, 1.82) is 5.26 Å². The molecular formula is C27H42N4O3. The summed E-state index contributed by atoms with van der Waals surface area (Å²) in [7, 11) is 1.69. The van der Waals surface area contributed by atoms with Crippen molar-refractivity contribution < 1.29 is 14.3 Å². The van der Waals surface area contributed by atoms with Crippen molar-refractivity contribution in [2.75, 3.05) is 40.0 Å². The summed E-state index contributed by atoms with van der Waals surface area (Å²) in [5, 5.41) is 12.6. The van der Waals surface area contributed by atoms with Gasteiger partial charge in [0.25, 0.3) is 0 Å². The lowest BCUT2D eigenvalue weighted by Gasteiger charge is -2.38. The Morgan fingerprint density at radius 2 is 2.06 bits per heavy atom. The van der Waals surface area contributed by atoms with E-state index in [0.29, 0.717) is 37.8 Å². The van der Waals surface area contributed by atoms with Crippen LogP contribution in [0.1, 0.15) is 75.0 Å². The minimum atomic E-state index is -0.159. The highest BCUT2D eigenvalue weighted by molar-refractivity contribution is 5.74. The van der Waals surface area contributed by atoms with Gasteiger partial charge in [0.15, 0.2) is 0 Å². The first kappa shape index (κ1) is 26.5. The number of nitrogens with two attached hydrogens (primary N) is 1. The van der Waals surface area contributed by atoms with E-state index in [0.717, 1.165) is 37.8 Å². The summed E-state index contributed by atoms with van der Waals surface area (Å²) in [4.78, 5) is 15.1. The van der Waals surface area contributed by atoms with Crippen LogP contribution in [0.15, 0.2) is 24.3 Å². The summed E-state index contributed by atoms with van der Waals surface area (Å²) >= 11 is 0. The average molecular weight is 471 g/mol. The summed E-state index contributed by atoms with van der Waals surface area (Å²) in [6.45, 7) is 3.09. The Balaban J connectivity index is 1.63. The first-order chi connectivity index (χ1) is 16.6. The minimum Gasteiger partial charge on any atom is -0.385 e. The zero-order valence-electron chi connectivity index (χ0n) is 20.7. The Labute approximate surface area is 205 Å². The van der Waals surface area contributed by atoms with Crippen molar-refractivity contribution in [2.45, 2.75) is 69.9 Å². The Kier molecular flexibility index (Phi) is 11.1. The predicted octanol–water partition coefficient (Wildman–Crippen LogP) is 4.37. The van der Waals surface area contributed by atoms with E-state index in [9.17, 15) is 10.1 Å². The number of nitriles is 1. The van der Waals surface area contributed by atoms with Gasteiger partial charge in [-0.2, -0.15) is 5.26 Å². The maximum absolute atomic E-state index is 13.2. The van der Waals surface area contributed by atoms with Crippen LogP contribution in [0.5, 0.6) is 0 Å². The van der Waals surface area contributed by atoms with E-state index in [-0.39, 0.29) is 24.1 Å². The van der Waals surface area contributed by atoms with E-state index >= 15 is 0 Å². The van der Waals surface area contributed by atoms with Crippen molar-refractivity contribution in [1.82, 2.24) is 10.2 Å². The van der Waals surface area contributed by atoms with Gasteiger partial charge in [0.05, 0.1) is 17.7 Å². The zero-order chi connectivity index (χ0) is 24.2. The fraction of sp³-hybridized carbons (Fsp3) is 0.704. The van der Waals surface area contributed by atoms with Gasteiger partial charge >= 0.3 is 6.03 Å². The first-order valence-electron chi connectivity index (χ1n) is 13.0. The van der Waals surface area contributed by atoms with Crippen molar-refractivity contribution in [3.63, 3.8) is 0 Å². The number of urea groups is 1. The van der Waals surface area contributed by atoms with Gasteiger partial charge in [-0.05, 0) is 49.3 Å². The SMILES string of the molecule is COCCCOC(c1cccc(C#N)c1)C1CCCN(C(=O)NC(CN)CC2CCCCC2)C1. The van der Waals surface area contributed by atoms with Gasteiger partial charge in [-0.3, -0.25) is 0 Å².